The first-order chi connectivity index (χ1) is 8.99. The van der Waals surface area contributed by atoms with Crippen LogP contribution in [-0.2, 0) is 11.2 Å². The van der Waals surface area contributed by atoms with Crippen molar-refractivity contribution in [3.63, 3.8) is 0 Å². The molecule has 2 N–H and O–H groups in total. The lowest BCUT2D eigenvalue weighted by Gasteiger charge is -2.09. The van der Waals surface area contributed by atoms with Crippen LogP contribution in [0.25, 0.3) is 0 Å². The van der Waals surface area contributed by atoms with Crippen LogP contribution in [0, 0.1) is 18.7 Å². The Balaban J connectivity index is 2.22. The van der Waals surface area contributed by atoms with Gasteiger partial charge in [-0.2, -0.15) is 0 Å². The molecule has 4 heteroatoms. The molecule has 1 rings (SSSR count). The third kappa shape index (κ3) is 6.34. The summed E-state index contributed by atoms with van der Waals surface area (Å²) in [7, 11) is 0. The van der Waals surface area contributed by atoms with Crippen LogP contribution < -0.4 is 10.6 Å². The lowest BCUT2D eigenvalue weighted by molar-refractivity contribution is -0.120. The van der Waals surface area contributed by atoms with Gasteiger partial charge in [0.05, 0.1) is 6.54 Å². The summed E-state index contributed by atoms with van der Waals surface area (Å²) in [6.45, 7) is 7.76. The number of nitrogens with one attached hydrogen (secondary N) is 2. The summed E-state index contributed by atoms with van der Waals surface area (Å²) in [6, 6.07) is 4.80. The molecule has 0 unspecified atom stereocenters. The van der Waals surface area contributed by atoms with Gasteiger partial charge in [0.15, 0.2) is 0 Å². The van der Waals surface area contributed by atoms with E-state index in [9.17, 15) is 9.18 Å². The maximum absolute atomic E-state index is 12.9. The molecule has 1 amide bonds. The van der Waals surface area contributed by atoms with Gasteiger partial charge >= 0.3 is 0 Å². The van der Waals surface area contributed by atoms with Crippen LogP contribution in [-0.4, -0.2) is 25.5 Å². The first-order valence-electron chi connectivity index (χ1n) is 6.71. The van der Waals surface area contributed by atoms with Crippen molar-refractivity contribution in [2.75, 3.05) is 19.6 Å². The molecule has 1 aromatic carbocycles. The first-order valence-corrected chi connectivity index (χ1v) is 6.71. The van der Waals surface area contributed by atoms with Crippen LogP contribution in [0.1, 0.15) is 25.0 Å². The summed E-state index contributed by atoms with van der Waals surface area (Å²) < 4.78 is 12.9. The van der Waals surface area contributed by atoms with E-state index in [1.54, 1.807) is 6.07 Å². The SMILES string of the molecule is Cc1cc(F)ccc1CCNCC(=O)NCC(C)C. The van der Waals surface area contributed by atoms with E-state index in [1.807, 2.05) is 6.92 Å². The highest BCUT2D eigenvalue weighted by Crippen LogP contribution is 2.10. The summed E-state index contributed by atoms with van der Waals surface area (Å²) >= 11 is 0. The van der Waals surface area contributed by atoms with Crippen LogP contribution >= 0.6 is 0 Å². The fraction of sp³-hybridized carbons (Fsp3) is 0.533. The molecule has 0 aromatic heterocycles. The summed E-state index contributed by atoms with van der Waals surface area (Å²) in [5.41, 5.74) is 2.06. The Kier molecular flexibility index (Phi) is 6.50. The van der Waals surface area contributed by atoms with Crippen molar-refractivity contribution in [3.8, 4) is 0 Å². The van der Waals surface area contributed by atoms with E-state index in [4.69, 9.17) is 0 Å². The van der Waals surface area contributed by atoms with Crippen molar-refractivity contribution < 1.29 is 9.18 Å². The van der Waals surface area contributed by atoms with E-state index in [0.717, 1.165) is 17.5 Å². The second-order valence-electron chi connectivity index (χ2n) is 5.20. The van der Waals surface area contributed by atoms with Gasteiger partial charge < -0.3 is 10.6 Å². The van der Waals surface area contributed by atoms with Gasteiger partial charge in [0.25, 0.3) is 0 Å². The van der Waals surface area contributed by atoms with E-state index < -0.39 is 0 Å². The quantitative estimate of drug-likeness (QED) is 0.742. The molecule has 3 nitrogen and oxygen atoms in total. The fourth-order valence-electron chi connectivity index (χ4n) is 1.75. The Morgan fingerprint density at radius 1 is 1.37 bits per heavy atom. The number of halogens is 1. The molecule has 0 saturated carbocycles. The molecule has 0 saturated heterocycles. The predicted molar refractivity (Wildman–Crippen MR) is 75.6 cm³/mol. The maximum Gasteiger partial charge on any atom is 0.233 e. The van der Waals surface area contributed by atoms with Crippen molar-refractivity contribution in [2.45, 2.75) is 27.2 Å². The third-order valence-electron chi connectivity index (χ3n) is 2.87. The van der Waals surface area contributed by atoms with Crippen molar-refractivity contribution in [1.29, 1.82) is 0 Å². The molecule has 0 fully saturated rings. The first kappa shape index (κ1) is 15.6. The topological polar surface area (TPSA) is 41.1 Å². The van der Waals surface area contributed by atoms with Gasteiger partial charge in [0.1, 0.15) is 5.82 Å². The van der Waals surface area contributed by atoms with E-state index in [1.165, 1.54) is 12.1 Å². The molecular formula is C15H23FN2O. The zero-order valence-electron chi connectivity index (χ0n) is 11.9. The van der Waals surface area contributed by atoms with Gasteiger partial charge in [0, 0.05) is 6.54 Å². The number of carbonyl (C=O) groups is 1. The predicted octanol–water partition coefficient (Wildman–Crippen LogP) is 2.04. The normalized spacial score (nSPS) is 10.8. The van der Waals surface area contributed by atoms with E-state index in [-0.39, 0.29) is 11.7 Å². The molecule has 0 atom stereocenters. The second-order valence-corrected chi connectivity index (χ2v) is 5.20. The van der Waals surface area contributed by atoms with Crippen molar-refractivity contribution in [1.82, 2.24) is 10.6 Å². The Bertz CT molecular complexity index is 419. The molecule has 19 heavy (non-hydrogen) atoms. The highest BCUT2D eigenvalue weighted by atomic mass is 19.1. The highest BCUT2D eigenvalue weighted by molar-refractivity contribution is 5.77. The Morgan fingerprint density at radius 3 is 2.74 bits per heavy atom. The van der Waals surface area contributed by atoms with Crippen molar-refractivity contribution >= 4 is 5.91 Å². The second kappa shape index (κ2) is 7.89. The Morgan fingerprint density at radius 2 is 2.11 bits per heavy atom. The van der Waals surface area contributed by atoms with Gasteiger partial charge in [-0.05, 0) is 49.1 Å². The van der Waals surface area contributed by atoms with E-state index >= 15 is 0 Å². The molecule has 0 spiro atoms. The van der Waals surface area contributed by atoms with Gasteiger partial charge in [0.2, 0.25) is 5.91 Å². The minimum atomic E-state index is -0.206. The molecule has 0 bridgehead atoms. The van der Waals surface area contributed by atoms with Crippen molar-refractivity contribution in [2.24, 2.45) is 5.92 Å². The van der Waals surface area contributed by atoms with E-state index in [2.05, 4.69) is 24.5 Å². The van der Waals surface area contributed by atoms with Crippen LogP contribution in [0.4, 0.5) is 4.39 Å². The smallest absolute Gasteiger partial charge is 0.233 e. The van der Waals surface area contributed by atoms with Crippen LogP contribution in [0.5, 0.6) is 0 Å². The lowest BCUT2D eigenvalue weighted by atomic mass is 10.1. The summed E-state index contributed by atoms with van der Waals surface area (Å²) in [5, 5.41) is 5.94. The standard InChI is InChI=1S/C15H23FN2O/c1-11(2)9-18-15(19)10-17-7-6-13-4-5-14(16)8-12(13)3/h4-5,8,11,17H,6-7,9-10H2,1-3H3,(H,18,19). The Labute approximate surface area is 114 Å². The fourth-order valence-corrected chi connectivity index (χ4v) is 1.75. The zero-order valence-corrected chi connectivity index (χ0v) is 11.9. The van der Waals surface area contributed by atoms with Crippen molar-refractivity contribution in [3.05, 3.63) is 35.1 Å². The number of carbonyl (C=O) groups excluding carboxylic acids is 1. The maximum atomic E-state index is 12.9. The van der Waals surface area contributed by atoms with E-state index in [0.29, 0.717) is 25.6 Å². The Hall–Kier alpha value is -1.42. The highest BCUT2D eigenvalue weighted by Gasteiger charge is 2.03. The van der Waals surface area contributed by atoms with Gasteiger partial charge in [-0.25, -0.2) is 4.39 Å². The third-order valence-corrected chi connectivity index (χ3v) is 2.87. The molecule has 0 heterocycles. The monoisotopic (exact) mass is 266 g/mol. The number of rotatable bonds is 7. The minimum Gasteiger partial charge on any atom is -0.355 e. The van der Waals surface area contributed by atoms with Gasteiger partial charge in [-0.1, -0.05) is 19.9 Å². The molecule has 106 valence electrons. The molecular weight excluding hydrogens is 243 g/mol. The van der Waals surface area contributed by atoms with Gasteiger partial charge in [-0.3, -0.25) is 4.79 Å². The summed E-state index contributed by atoms with van der Waals surface area (Å²) in [6.07, 6.45) is 0.795. The number of hydrogen-bond donors (Lipinski definition) is 2. The van der Waals surface area contributed by atoms with Gasteiger partial charge in [-0.15, -0.1) is 0 Å². The number of benzene rings is 1. The average molecular weight is 266 g/mol. The van der Waals surface area contributed by atoms with Crippen LogP contribution in [0.3, 0.4) is 0 Å². The molecule has 1 aromatic rings. The largest absolute Gasteiger partial charge is 0.355 e. The summed E-state index contributed by atoms with van der Waals surface area (Å²) in [4.78, 5) is 11.4. The number of hydrogen-bond acceptors (Lipinski definition) is 2. The molecule has 0 aliphatic rings. The zero-order chi connectivity index (χ0) is 14.3. The molecule has 0 radical (unpaired) electrons. The molecule has 0 aliphatic heterocycles. The minimum absolute atomic E-state index is 0.0181. The van der Waals surface area contributed by atoms with Crippen LogP contribution in [0.2, 0.25) is 0 Å². The summed E-state index contributed by atoms with van der Waals surface area (Å²) in [5.74, 6) is 0.276. The average Bonchev–Trinajstić information content (AvgIpc) is 2.34. The lowest BCUT2D eigenvalue weighted by Crippen LogP contribution is -2.36. The molecule has 0 aliphatic carbocycles. The number of amides is 1. The van der Waals surface area contributed by atoms with Crippen LogP contribution in [0.15, 0.2) is 18.2 Å². The number of aryl methyl sites for hydroxylation is 1.